The minimum atomic E-state index is -1.72. The highest BCUT2D eigenvalue weighted by molar-refractivity contribution is 5.87. The predicted octanol–water partition coefficient (Wildman–Crippen LogP) is 2.15. The quantitative estimate of drug-likeness (QED) is 0.422. The van der Waals surface area contributed by atoms with Crippen LogP contribution in [0, 0.1) is 0 Å². The van der Waals surface area contributed by atoms with Crippen molar-refractivity contribution in [3.8, 4) is 22.8 Å². The first-order valence-electron chi connectivity index (χ1n) is 10.6. The molecule has 1 aliphatic rings. The second kappa shape index (κ2) is 8.63. The van der Waals surface area contributed by atoms with E-state index in [0.717, 1.165) is 0 Å². The van der Waals surface area contributed by atoms with Crippen LogP contribution in [0.1, 0.15) is 12.2 Å². The van der Waals surface area contributed by atoms with Gasteiger partial charge in [-0.1, -0.05) is 11.2 Å². The maximum Gasteiger partial charge on any atom is 0.262 e. The number of imidazole rings is 1. The van der Waals surface area contributed by atoms with Gasteiger partial charge in [0.05, 0.1) is 30.0 Å². The average Bonchev–Trinajstić information content (AvgIpc) is 3.58. The van der Waals surface area contributed by atoms with Gasteiger partial charge in [0, 0.05) is 38.5 Å². The molecule has 174 valence electrons. The van der Waals surface area contributed by atoms with Crippen molar-refractivity contribution in [2.75, 3.05) is 25.6 Å². The number of pyridine rings is 1. The van der Waals surface area contributed by atoms with E-state index in [1.165, 1.54) is 17.3 Å². The number of halogens is 1. The van der Waals surface area contributed by atoms with Crippen molar-refractivity contribution in [2.24, 2.45) is 0 Å². The second-order valence-corrected chi connectivity index (χ2v) is 7.90. The summed E-state index contributed by atoms with van der Waals surface area (Å²) in [5.41, 5.74) is 0.275. The number of carbonyl (C=O) groups is 1. The topological polar surface area (TPSA) is 135 Å². The van der Waals surface area contributed by atoms with E-state index in [4.69, 9.17) is 4.52 Å². The van der Waals surface area contributed by atoms with Gasteiger partial charge in [-0.25, -0.2) is 24.3 Å². The summed E-state index contributed by atoms with van der Waals surface area (Å²) in [6, 6.07) is 8.57. The van der Waals surface area contributed by atoms with Crippen LogP contribution in [0.25, 0.3) is 22.8 Å². The molecule has 34 heavy (non-hydrogen) atoms. The number of alkyl halides is 1. The van der Waals surface area contributed by atoms with Crippen molar-refractivity contribution in [1.82, 2.24) is 34.6 Å². The lowest BCUT2D eigenvalue weighted by Gasteiger charge is -2.16. The molecule has 1 atom stereocenters. The van der Waals surface area contributed by atoms with E-state index in [2.05, 4.69) is 30.4 Å². The van der Waals surface area contributed by atoms with Crippen LogP contribution < -0.4 is 5.32 Å². The molecule has 0 spiro atoms. The lowest BCUT2D eigenvalue weighted by atomic mass is 9.98. The summed E-state index contributed by atoms with van der Waals surface area (Å²) >= 11 is 0. The van der Waals surface area contributed by atoms with Crippen molar-refractivity contribution in [1.29, 1.82) is 0 Å². The lowest BCUT2D eigenvalue weighted by molar-refractivity contribution is -0.144. The minimum absolute atomic E-state index is 0.0878. The number of rotatable bonds is 7. The number of aromatic nitrogens is 6. The molecule has 1 amide bonds. The first kappa shape index (κ1) is 21.6. The monoisotopic (exact) mass is 464 g/mol. The van der Waals surface area contributed by atoms with Crippen LogP contribution >= 0.6 is 0 Å². The second-order valence-electron chi connectivity index (χ2n) is 7.90. The molecular weight excluding hydrogens is 443 g/mol. The van der Waals surface area contributed by atoms with E-state index in [1.807, 2.05) is 0 Å². The Balaban J connectivity index is 1.38. The van der Waals surface area contributed by atoms with Crippen LogP contribution in [-0.4, -0.2) is 65.8 Å². The molecule has 0 radical (unpaired) electrons. The fraction of sp³-hybridized carbons (Fsp3) is 0.273. The maximum atomic E-state index is 12.5. The minimum Gasteiger partial charge on any atom is -0.373 e. The van der Waals surface area contributed by atoms with Gasteiger partial charge in [0.25, 0.3) is 5.91 Å². The third kappa shape index (κ3) is 3.99. The van der Waals surface area contributed by atoms with Gasteiger partial charge in [-0.15, -0.1) is 0 Å². The molecule has 1 saturated heterocycles. The van der Waals surface area contributed by atoms with E-state index in [0.29, 0.717) is 41.1 Å². The average molecular weight is 464 g/mol. The van der Waals surface area contributed by atoms with Gasteiger partial charge in [-0.2, -0.15) is 0 Å². The van der Waals surface area contributed by atoms with Crippen LogP contribution in [0.4, 0.5) is 16.2 Å². The number of likely N-dealkylation sites (tertiary alicyclic amines) is 1. The Hall–Kier alpha value is -4.19. The molecule has 1 fully saturated rings. The van der Waals surface area contributed by atoms with E-state index in [-0.39, 0.29) is 18.7 Å². The van der Waals surface area contributed by atoms with Crippen molar-refractivity contribution in [3.63, 3.8) is 0 Å². The van der Waals surface area contributed by atoms with Crippen LogP contribution in [0.2, 0.25) is 0 Å². The van der Waals surface area contributed by atoms with Crippen LogP contribution in [0.5, 0.6) is 0 Å². The normalized spacial score (nSPS) is 18.0. The Labute approximate surface area is 193 Å². The summed E-state index contributed by atoms with van der Waals surface area (Å²) in [6.07, 6.45) is 5.00. The number of anilines is 2. The van der Waals surface area contributed by atoms with Crippen LogP contribution in [0.3, 0.4) is 0 Å². The molecular formula is C22H21FN8O3. The first-order chi connectivity index (χ1) is 16.5. The molecule has 0 bridgehead atoms. The van der Waals surface area contributed by atoms with Gasteiger partial charge >= 0.3 is 0 Å². The van der Waals surface area contributed by atoms with Crippen molar-refractivity contribution >= 4 is 17.7 Å². The number of nitrogens with zero attached hydrogens (tertiary/aromatic N) is 7. The van der Waals surface area contributed by atoms with E-state index in [9.17, 15) is 14.3 Å². The van der Waals surface area contributed by atoms with E-state index in [1.54, 1.807) is 48.3 Å². The van der Waals surface area contributed by atoms with Crippen LogP contribution in [-0.2, 0) is 16.9 Å². The molecule has 5 heterocycles. The number of hydrogen-bond acceptors (Lipinski definition) is 9. The summed E-state index contributed by atoms with van der Waals surface area (Å²) in [4.78, 5) is 31.2. The summed E-state index contributed by atoms with van der Waals surface area (Å²) < 4.78 is 19.4. The molecule has 5 rings (SSSR count). The number of aliphatic hydroxyl groups is 1. The van der Waals surface area contributed by atoms with Gasteiger partial charge in [-0.3, -0.25) is 4.79 Å². The standard InChI is InChI=1S/C22H21FN8O3/c1-30-9-6-22(33,20(30)32)18-11-17(29-34-18)15-4-2-3-14(26-15)16-5-8-24-21(27-16)28-19-12-31(10-7-23)13-25-19/h2-5,8,11-13,33H,6-7,9-10H2,1H3,(H,24,27,28)/t22-/m1/s1. The highest BCUT2D eigenvalue weighted by atomic mass is 19.1. The van der Waals surface area contributed by atoms with Gasteiger partial charge in [0.1, 0.15) is 12.4 Å². The fourth-order valence-corrected chi connectivity index (χ4v) is 3.71. The highest BCUT2D eigenvalue weighted by Crippen LogP contribution is 2.34. The van der Waals surface area contributed by atoms with Crippen molar-refractivity contribution in [3.05, 3.63) is 54.8 Å². The molecule has 4 aromatic heterocycles. The molecule has 2 N–H and O–H groups in total. The molecule has 0 aliphatic carbocycles. The van der Waals surface area contributed by atoms with E-state index < -0.39 is 18.2 Å². The third-order valence-electron chi connectivity index (χ3n) is 5.57. The largest absolute Gasteiger partial charge is 0.373 e. The SMILES string of the molecule is CN1CC[C@@](O)(c2cc(-c3cccc(-c4ccnc(Nc5cn(CCF)cn5)n4)n3)no2)C1=O. The molecule has 0 aromatic carbocycles. The summed E-state index contributed by atoms with van der Waals surface area (Å²) in [7, 11) is 1.63. The zero-order chi connectivity index (χ0) is 23.7. The fourth-order valence-electron chi connectivity index (χ4n) is 3.71. The third-order valence-corrected chi connectivity index (χ3v) is 5.57. The Morgan fingerprint density at radius 1 is 1.18 bits per heavy atom. The lowest BCUT2D eigenvalue weighted by Crippen LogP contribution is -2.35. The Morgan fingerprint density at radius 2 is 1.97 bits per heavy atom. The number of nitrogens with one attached hydrogen (secondary N) is 1. The Morgan fingerprint density at radius 3 is 2.74 bits per heavy atom. The predicted molar refractivity (Wildman–Crippen MR) is 118 cm³/mol. The summed E-state index contributed by atoms with van der Waals surface area (Å²) in [5, 5.41) is 17.8. The Bertz CT molecular complexity index is 1340. The van der Waals surface area contributed by atoms with E-state index >= 15 is 0 Å². The number of aryl methyl sites for hydroxylation is 1. The maximum absolute atomic E-state index is 12.5. The summed E-state index contributed by atoms with van der Waals surface area (Å²) in [5.74, 6) is 0.467. The first-order valence-corrected chi connectivity index (χ1v) is 10.6. The smallest absolute Gasteiger partial charge is 0.262 e. The highest BCUT2D eigenvalue weighted by Gasteiger charge is 2.48. The zero-order valence-corrected chi connectivity index (χ0v) is 18.2. The number of likely N-dealkylation sites (N-methyl/N-ethyl adjacent to an activating group) is 1. The number of hydrogen-bond donors (Lipinski definition) is 2. The van der Waals surface area contributed by atoms with Gasteiger partial charge in [0.2, 0.25) is 11.5 Å². The number of amides is 1. The molecule has 0 unspecified atom stereocenters. The van der Waals surface area contributed by atoms with Gasteiger partial charge in [-0.05, 0) is 18.2 Å². The van der Waals surface area contributed by atoms with Crippen LogP contribution in [0.15, 0.2) is 53.6 Å². The van der Waals surface area contributed by atoms with Crippen molar-refractivity contribution in [2.45, 2.75) is 18.6 Å². The summed E-state index contributed by atoms with van der Waals surface area (Å²) in [6.45, 7) is 0.168. The molecule has 12 heteroatoms. The zero-order valence-electron chi connectivity index (χ0n) is 18.2. The molecule has 4 aromatic rings. The van der Waals surface area contributed by atoms with Gasteiger partial charge < -0.3 is 24.4 Å². The molecule has 0 saturated carbocycles. The number of carbonyl (C=O) groups excluding carboxylic acids is 1. The van der Waals surface area contributed by atoms with Gasteiger partial charge in [0.15, 0.2) is 11.6 Å². The van der Waals surface area contributed by atoms with Crippen molar-refractivity contribution < 1.29 is 18.8 Å². The Kier molecular flexibility index (Phi) is 5.49. The molecule has 1 aliphatic heterocycles. The molecule has 11 nitrogen and oxygen atoms in total.